The fourth-order valence-corrected chi connectivity index (χ4v) is 1.11. The van der Waals surface area contributed by atoms with Crippen molar-refractivity contribution in [1.29, 1.82) is 0 Å². The lowest BCUT2D eigenvalue weighted by Crippen LogP contribution is -2.02. The molecule has 84 valence electrons. The molecule has 0 aromatic carbocycles. The van der Waals surface area contributed by atoms with Crippen molar-refractivity contribution in [3.63, 3.8) is 0 Å². The quantitative estimate of drug-likeness (QED) is 0.436. The van der Waals surface area contributed by atoms with Gasteiger partial charge < -0.3 is 9.84 Å². The van der Waals surface area contributed by atoms with E-state index in [4.69, 9.17) is 9.84 Å². The summed E-state index contributed by atoms with van der Waals surface area (Å²) in [5.41, 5.74) is 0.328. The number of ether oxygens (including phenoxy) is 1. The van der Waals surface area contributed by atoms with E-state index in [1.807, 2.05) is 0 Å². The van der Waals surface area contributed by atoms with Crippen LogP contribution in [0.25, 0.3) is 0 Å². The molecule has 1 heterocycles. The van der Waals surface area contributed by atoms with E-state index >= 15 is 0 Å². The van der Waals surface area contributed by atoms with Crippen molar-refractivity contribution in [1.82, 2.24) is 9.78 Å². The summed E-state index contributed by atoms with van der Waals surface area (Å²) in [5.74, 6) is 0.00782. The number of nitro groups is 1. The number of hydrogen-bond donors (Lipinski definition) is 1. The van der Waals surface area contributed by atoms with Crippen molar-refractivity contribution in [2.75, 3.05) is 13.2 Å². The lowest BCUT2D eigenvalue weighted by atomic mass is 10.4. The topological polar surface area (TPSA) is 90.4 Å². The zero-order chi connectivity index (χ0) is 11.4. The van der Waals surface area contributed by atoms with Crippen molar-refractivity contribution in [3.05, 3.63) is 15.8 Å². The van der Waals surface area contributed by atoms with Gasteiger partial charge >= 0.3 is 11.6 Å². The standard InChI is InChI=1S/C8H13N3O4/c1-6-7(11(13)14)8(9-10(6)2)15-5-3-4-12/h12H,3-5H2,1-2H3. The highest BCUT2D eigenvalue weighted by atomic mass is 16.6. The number of nitrogens with zero attached hydrogens (tertiary/aromatic N) is 3. The number of aliphatic hydroxyl groups is 1. The van der Waals surface area contributed by atoms with Crippen LogP contribution in [0.2, 0.25) is 0 Å². The summed E-state index contributed by atoms with van der Waals surface area (Å²) in [4.78, 5) is 10.2. The minimum Gasteiger partial charge on any atom is -0.472 e. The molecule has 0 aliphatic rings. The third kappa shape index (κ3) is 2.44. The van der Waals surface area contributed by atoms with Gasteiger partial charge in [0.2, 0.25) is 0 Å². The number of hydrogen-bond acceptors (Lipinski definition) is 5. The van der Waals surface area contributed by atoms with E-state index in [0.717, 1.165) is 0 Å². The molecule has 0 saturated heterocycles. The molecule has 1 rings (SSSR count). The van der Waals surface area contributed by atoms with Crippen molar-refractivity contribution in [3.8, 4) is 5.88 Å². The molecule has 0 amide bonds. The van der Waals surface area contributed by atoms with Gasteiger partial charge in [0, 0.05) is 20.1 Å². The Kier molecular flexibility index (Phi) is 3.62. The van der Waals surface area contributed by atoms with Crippen LogP contribution in [0.1, 0.15) is 12.1 Å². The van der Waals surface area contributed by atoms with E-state index < -0.39 is 4.92 Å². The van der Waals surface area contributed by atoms with Crippen LogP contribution in [0, 0.1) is 17.0 Å². The van der Waals surface area contributed by atoms with Gasteiger partial charge in [-0.3, -0.25) is 14.8 Å². The van der Waals surface area contributed by atoms with Crippen molar-refractivity contribution >= 4 is 5.69 Å². The van der Waals surface area contributed by atoms with Crippen LogP contribution < -0.4 is 4.74 Å². The van der Waals surface area contributed by atoms with Gasteiger partial charge in [0.15, 0.2) is 0 Å². The smallest absolute Gasteiger partial charge is 0.352 e. The predicted molar refractivity (Wildman–Crippen MR) is 51.8 cm³/mol. The molecule has 15 heavy (non-hydrogen) atoms. The molecule has 0 fully saturated rings. The molecule has 1 aromatic heterocycles. The summed E-state index contributed by atoms with van der Waals surface area (Å²) in [5, 5.41) is 23.1. The van der Waals surface area contributed by atoms with Gasteiger partial charge in [-0.05, 0) is 6.92 Å². The highest BCUT2D eigenvalue weighted by Gasteiger charge is 2.24. The molecule has 0 bridgehead atoms. The number of aromatic nitrogens is 2. The van der Waals surface area contributed by atoms with Crippen LogP contribution in [0.15, 0.2) is 0 Å². The second kappa shape index (κ2) is 4.74. The van der Waals surface area contributed by atoms with E-state index in [1.54, 1.807) is 14.0 Å². The van der Waals surface area contributed by atoms with Crippen LogP contribution >= 0.6 is 0 Å². The lowest BCUT2D eigenvalue weighted by Gasteiger charge is -1.99. The average Bonchev–Trinajstić information content (AvgIpc) is 2.43. The minimum atomic E-state index is -0.517. The first-order valence-corrected chi connectivity index (χ1v) is 4.49. The Morgan fingerprint density at radius 2 is 2.33 bits per heavy atom. The van der Waals surface area contributed by atoms with Crippen molar-refractivity contribution in [2.45, 2.75) is 13.3 Å². The lowest BCUT2D eigenvalue weighted by molar-refractivity contribution is -0.386. The molecule has 7 heteroatoms. The molecule has 0 saturated carbocycles. The van der Waals surface area contributed by atoms with Gasteiger partial charge in [-0.25, -0.2) is 0 Å². The van der Waals surface area contributed by atoms with E-state index in [0.29, 0.717) is 12.1 Å². The van der Waals surface area contributed by atoms with Crippen LogP contribution in [0.5, 0.6) is 5.88 Å². The summed E-state index contributed by atoms with van der Waals surface area (Å²) < 4.78 is 6.50. The van der Waals surface area contributed by atoms with Gasteiger partial charge in [-0.2, -0.15) is 0 Å². The maximum absolute atomic E-state index is 10.7. The Bertz CT molecular complexity index is 361. The minimum absolute atomic E-state index is 0.00782. The molecule has 0 aliphatic carbocycles. The fraction of sp³-hybridized carbons (Fsp3) is 0.625. The monoisotopic (exact) mass is 215 g/mol. The Labute approximate surface area is 86.4 Å². The molecular formula is C8H13N3O4. The van der Waals surface area contributed by atoms with Crippen LogP contribution in [0.4, 0.5) is 5.69 Å². The SMILES string of the molecule is Cc1c([N+](=O)[O-])c(OCCCO)nn1C. The summed E-state index contributed by atoms with van der Waals surface area (Å²) >= 11 is 0. The third-order valence-corrected chi connectivity index (χ3v) is 2.00. The van der Waals surface area contributed by atoms with Crippen LogP contribution in [-0.2, 0) is 7.05 Å². The van der Waals surface area contributed by atoms with E-state index in [1.165, 1.54) is 4.68 Å². The van der Waals surface area contributed by atoms with Gasteiger partial charge in [-0.1, -0.05) is 0 Å². The Morgan fingerprint density at radius 1 is 1.67 bits per heavy atom. The molecule has 0 atom stereocenters. The van der Waals surface area contributed by atoms with E-state index in [9.17, 15) is 10.1 Å². The Hall–Kier alpha value is -1.63. The van der Waals surface area contributed by atoms with Crippen LogP contribution in [-0.4, -0.2) is 33.0 Å². The average molecular weight is 215 g/mol. The number of aliphatic hydroxyl groups excluding tert-OH is 1. The summed E-state index contributed by atoms with van der Waals surface area (Å²) in [6.45, 7) is 1.80. The highest BCUT2D eigenvalue weighted by Crippen LogP contribution is 2.28. The first-order chi connectivity index (χ1) is 7.07. The van der Waals surface area contributed by atoms with Gasteiger partial charge in [0.05, 0.1) is 11.5 Å². The van der Waals surface area contributed by atoms with Crippen molar-refractivity contribution in [2.24, 2.45) is 7.05 Å². The summed E-state index contributed by atoms with van der Waals surface area (Å²) in [6.07, 6.45) is 0.423. The first-order valence-electron chi connectivity index (χ1n) is 4.49. The molecule has 0 unspecified atom stereocenters. The number of rotatable bonds is 5. The summed E-state index contributed by atoms with van der Waals surface area (Å²) in [6, 6.07) is 0. The largest absolute Gasteiger partial charge is 0.472 e. The van der Waals surface area contributed by atoms with E-state index in [2.05, 4.69) is 5.10 Å². The normalized spacial score (nSPS) is 10.3. The zero-order valence-electron chi connectivity index (χ0n) is 8.63. The second-order valence-electron chi connectivity index (χ2n) is 3.05. The molecule has 7 nitrogen and oxygen atoms in total. The van der Waals surface area contributed by atoms with Crippen LogP contribution in [0.3, 0.4) is 0 Å². The Morgan fingerprint density at radius 3 is 2.87 bits per heavy atom. The third-order valence-electron chi connectivity index (χ3n) is 2.00. The highest BCUT2D eigenvalue weighted by molar-refractivity contribution is 5.45. The molecule has 1 N–H and O–H groups in total. The molecule has 1 aromatic rings. The second-order valence-corrected chi connectivity index (χ2v) is 3.05. The molecular weight excluding hydrogens is 202 g/mol. The van der Waals surface area contributed by atoms with Crippen molar-refractivity contribution < 1.29 is 14.8 Å². The molecule has 0 aliphatic heterocycles. The van der Waals surface area contributed by atoms with Gasteiger partial charge in [0.1, 0.15) is 5.69 Å². The zero-order valence-corrected chi connectivity index (χ0v) is 8.63. The first kappa shape index (κ1) is 11.4. The van der Waals surface area contributed by atoms with Gasteiger partial charge in [-0.15, -0.1) is 5.10 Å². The predicted octanol–water partition coefficient (Wildman–Crippen LogP) is 0.398. The molecule has 0 spiro atoms. The summed E-state index contributed by atoms with van der Waals surface area (Å²) in [7, 11) is 1.61. The fourth-order valence-electron chi connectivity index (χ4n) is 1.11. The Balaban J connectivity index is 2.86. The number of aryl methyl sites for hydroxylation is 1. The van der Waals surface area contributed by atoms with Gasteiger partial charge in [0.25, 0.3) is 0 Å². The molecule has 0 radical (unpaired) electrons. The maximum Gasteiger partial charge on any atom is 0.352 e. The van der Waals surface area contributed by atoms with E-state index in [-0.39, 0.29) is 24.8 Å². The maximum atomic E-state index is 10.7.